The fourth-order valence-electron chi connectivity index (χ4n) is 16.0. The number of nitrogens with zero attached hydrogens (tertiary/aromatic N) is 3. The van der Waals surface area contributed by atoms with Gasteiger partial charge in [0.15, 0.2) is 0 Å². The maximum Gasteiger partial charge on any atom is 0.252 e. The molecule has 3 atom stereocenters. The van der Waals surface area contributed by atoms with Gasteiger partial charge >= 0.3 is 0 Å². The molecule has 394 valence electrons. The topological polar surface area (TPSA) is 9.72 Å². The van der Waals surface area contributed by atoms with Gasteiger partial charge in [-0.3, -0.25) is 0 Å². The third-order valence-electron chi connectivity index (χ3n) is 20.3. The molecule has 0 N–H and O–H groups in total. The Labute approximate surface area is 463 Å². The molecule has 3 unspecified atom stereocenters. The summed E-state index contributed by atoms with van der Waals surface area (Å²) in [4.78, 5) is 8.25. The molecule has 4 heteroatoms. The second-order valence-corrected chi connectivity index (χ2v) is 30.3. The molecular weight excluding hydrogens is 930 g/mol. The fraction of sp³-hybridized carbons (Fsp3) is 0.425. The van der Waals surface area contributed by atoms with Crippen molar-refractivity contribution in [3.05, 3.63) is 172 Å². The Morgan fingerprint density at radius 3 is 1.74 bits per heavy atom. The Hall–Kier alpha value is -6.00. The van der Waals surface area contributed by atoms with Crippen LogP contribution in [0, 0.1) is 29.1 Å². The van der Waals surface area contributed by atoms with Crippen LogP contribution in [0.5, 0.6) is 0 Å². The summed E-state index contributed by atoms with van der Waals surface area (Å²) in [5.41, 5.74) is 29.2. The minimum atomic E-state index is -0.136. The Bertz CT molecular complexity index is 3590. The molecule has 3 aliphatic carbocycles. The molecule has 0 amide bonds. The van der Waals surface area contributed by atoms with Crippen molar-refractivity contribution in [2.75, 3.05) is 14.7 Å². The van der Waals surface area contributed by atoms with Crippen molar-refractivity contribution < 1.29 is 0 Å². The molecule has 77 heavy (non-hydrogen) atoms. The largest absolute Gasteiger partial charge is 0.334 e. The molecule has 3 nitrogen and oxygen atoms in total. The molecule has 7 aromatic rings. The highest BCUT2D eigenvalue weighted by molar-refractivity contribution is 7.00. The van der Waals surface area contributed by atoms with Crippen molar-refractivity contribution in [1.82, 2.24) is 0 Å². The predicted octanol–water partition coefficient (Wildman–Crippen LogP) is 17.6. The van der Waals surface area contributed by atoms with E-state index in [-0.39, 0.29) is 44.7 Å². The van der Waals surface area contributed by atoms with Crippen LogP contribution in [0.4, 0.5) is 45.5 Å². The van der Waals surface area contributed by atoms with Crippen molar-refractivity contribution in [3.63, 3.8) is 0 Å². The van der Waals surface area contributed by atoms with Crippen LogP contribution < -0.4 is 31.1 Å². The number of fused-ring (bicyclic) bond motifs is 9. The van der Waals surface area contributed by atoms with Crippen LogP contribution in [0.2, 0.25) is 0 Å². The zero-order chi connectivity index (χ0) is 54.3. The van der Waals surface area contributed by atoms with Gasteiger partial charge in [-0.05, 0) is 219 Å². The van der Waals surface area contributed by atoms with E-state index >= 15 is 0 Å². The molecule has 0 aromatic heterocycles. The van der Waals surface area contributed by atoms with Crippen LogP contribution in [0.15, 0.2) is 127 Å². The Kier molecular flexibility index (Phi) is 10.8. The minimum Gasteiger partial charge on any atom is -0.334 e. The molecule has 0 bridgehead atoms. The van der Waals surface area contributed by atoms with Crippen LogP contribution in [0.25, 0.3) is 11.1 Å². The maximum atomic E-state index is 2.84. The van der Waals surface area contributed by atoms with Gasteiger partial charge < -0.3 is 14.7 Å². The average molecular weight is 1010 g/mol. The molecule has 7 aromatic carbocycles. The average Bonchev–Trinajstić information content (AvgIpc) is 3.98. The lowest BCUT2D eigenvalue weighted by Crippen LogP contribution is -2.61. The van der Waals surface area contributed by atoms with Gasteiger partial charge in [-0.1, -0.05) is 164 Å². The standard InChI is InChI=1S/C73H84BN3/c1-45-32-64-66-65(33-45)76(60-28-23-51(67(2,3)4)37-56(60)46-20-18-17-19-21-46)63-39-55(77-61-29-24-52(68(5,6)7)38-57(61)72(15)44-53(69(8,9)10)30-31-73(72,77)16)26-27-58(63)74(66)59-35-49-42-71(13,14)43-50(49)36-62(59)75(64)54-25-22-47-40-70(11,12)41-48(47)34-54/h17-29,32-39,53H,30-31,40-44H2,1-16H3. The van der Waals surface area contributed by atoms with E-state index in [9.17, 15) is 0 Å². The highest BCUT2D eigenvalue weighted by Gasteiger charge is 2.61. The Morgan fingerprint density at radius 2 is 1.08 bits per heavy atom. The van der Waals surface area contributed by atoms with Crippen LogP contribution in [0.3, 0.4) is 0 Å². The van der Waals surface area contributed by atoms with Gasteiger partial charge in [-0.2, -0.15) is 0 Å². The molecule has 0 spiro atoms. The molecule has 0 radical (unpaired) electrons. The van der Waals surface area contributed by atoms with Gasteiger partial charge in [0.1, 0.15) is 0 Å². The molecule has 0 saturated heterocycles. The van der Waals surface area contributed by atoms with Crippen LogP contribution in [-0.2, 0) is 41.9 Å². The summed E-state index contributed by atoms with van der Waals surface area (Å²) in [7, 11) is 0. The lowest BCUT2D eigenvalue weighted by Gasteiger charge is -2.54. The number of hydrogen-bond acceptors (Lipinski definition) is 3. The first-order chi connectivity index (χ1) is 36.1. The summed E-state index contributed by atoms with van der Waals surface area (Å²) in [6.07, 6.45) is 7.97. The number of benzene rings is 7. The van der Waals surface area contributed by atoms with Gasteiger partial charge in [0.2, 0.25) is 0 Å². The smallest absolute Gasteiger partial charge is 0.252 e. The maximum absolute atomic E-state index is 2.84. The van der Waals surface area contributed by atoms with Gasteiger partial charge in [0.25, 0.3) is 6.71 Å². The zero-order valence-corrected chi connectivity index (χ0v) is 49.6. The first-order valence-electron chi connectivity index (χ1n) is 29.4. The van der Waals surface area contributed by atoms with E-state index in [0.29, 0.717) is 5.92 Å². The minimum absolute atomic E-state index is 0.0309. The third-order valence-corrected chi connectivity index (χ3v) is 20.3. The quantitative estimate of drug-likeness (QED) is 0.163. The SMILES string of the molecule is Cc1cc2c3c(c1)N(c1ccc(C(C)(C)C)cc1-c1ccccc1)c1cc(N4c5ccc(C(C)(C)C)cc5C5(C)CC(C(C)(C)C)CCC45C)ccc1B3c1cc3c(cc1N2c1ccc2c(c1)CC(C)(C)C2)CC(C)(C)C3. The van der Waals surface area contributed by atoms with Crippen molar-refractivity contribution >= 4 is 68.6 Å². The van der Waals surface area contributed by atoms with E-state index < -0.39 is 0 Å². The second-order valence-electron chi connectivity index (χ2n) is 30.3. The van der Waals surface area contributed by atoms with Gasteiger partial charge in [0, 0.05) is 50.8 Å². The van der Waals surface area contributed by atoms with E-state index in [1.165, 1.54) is 130 Å². The van der Waals surface area contributed by atoms with Crippen molar-refractivity contribution in [3.8, 4) is 11.1 Å². The Balaban J connectivity index is 1.10. The molecule has 13 rings (SSSR count). The summed E-state index contributed by atoms with van der Waals surface area (Å²) in [6.45, 7) is 39.1. The molecule has 1 fully saturated rings. The number of aryl methyl sites for hydroxylation is 1. The molecular formula is C73H84BN3. The molecule has 3 aliphatic heterocycles. The summed E-state index contributed by atoms with van der Waals surface area (Å²) < 4.78 is 0. The van der Waals surface area contributed by atoms with Crippen molar-refractivity contribution in [2.45, 2.75) is 178 Å². The fourth-order valence-corrected chi connectivity index (χ4v) is 16.0. The van der Waals surface area contributed by atoms with E-state index in [0.717, 1.165) is 32.1 Å². The van der Waals surface area contributed by atoms with E-state index in [1.54, 1.807) is 0 Å². The number of anilines is 8. The normalized spacial score (nSPS) is 22.5. The highest BCUT2D eigenvalue weighted by Crippen LogP contribution is 2.64. The molecule has 1 saturated carbocycles. The van der Waals surface area contributed by atoms with Crippen LogP contribution >= 0.6 is 0 Å². The first kappa shape index (κ1) is 50.5. The predicted molar refractivity (Wildman–Crippen MR) is 332 cm³/mol. The summed E-state index contributed by atoms with van der Waals surface area (Å²) in [5, 5.41) is 0. The lowest BCUT2D eigenvalue weighted by atomic mass is 9.33. The third kappa shape index (κ3) is 7.78. The van der Waals surface area contributed by atoms with E-state index in [2.05, 4.69) is 253 Å². The van der Waals surface area contributed by atoms with Crippen LogP contribution in [-0.4, -0.2) is 12.3 Å². The lowest BCUT2D eigenvalue weighted by molar-refractivity contribution is 0.0786. The number of hydrogen-bond donors (Lipinski definition) is 0. The highest BCUT2D eigenvalue weighted by atomic mass is 15.3. The second kappa shape index (κ2) is 16.5. The monoisotopic (exact) mass is 1010 g/mol. The van der Waals surface area contributed by atoms with Crippen molar-refractivity contribution in [1.29, 1.82) is 0 Å². The zero-order valence-electron chi connectivity index (χ0n) is 49.6. The molecule has 3 heterocycles. The molecule has 6 aliphatic rings. The van der Waals surface area contributed by atoms with E-state index in [1.807, 2.05) is 0 Å². The van der Waals surface area contributed by atoms with Crippen molar-refractivity contribution in [2.24, 2.45) is 22.2 Å². The number of rotatable bonds is 4. The first-order valence-corrected chi connectivity index (χ1v) is 29.4. The summed E-state index contributed by atoms with van der Waals surface area (Å²) in [5.74, 6) is 0.633. The summed E-state index contributed by atoms with van der Waals surface area (Å²) >= 11 is 0. The van der Waals surface area contributed by atoms with Gasteiger partial charge in [-0.25, -0.2) is 0 Å². The van der Waals surface area contributed by atoms with E-state index in [4.69, 9.17) is 0 Å². The van der Waals surface area contributed by atoms with Gasteiger partial charge in [0.05, 0.1) is 11.2 Å². The van der Waals surface area contributed by atoms with Crippen LogP contribution in [0.1, 0.15) is 168 Å². The summed E-state index contributed by atoms with van der Waals surface area (Å²) in [6, 6.07) is 51.7. The Morgan fingerprint density at radius 1 is 0.494 bits per heavy atom. The van der Waals surface area contributed by atoms with Gasteiger partial charge in [-0.15, -0.1) is 0 Å².